The van der Waals surface area contributed by atoms with Crippen molar-refractivity contribution >= 4 is 29.7 Å². The summed E-state index contributed by atoms with van der Waals surface area (Å²) in [6, 6.07) is 5.03. The maximum absolute atomic E-state index is 11.5. The number of hydrogen-bond donors (Lipinski definition) is 3. The Morgan fingerprint density at radius 2 is 2.29 bits per heavy atom. The van der Waals surface area contributed by atoms with E-state index in [0.717, 1.165) is 5.56 Å². The summed E-state index contributed by atoms with van der Waals surface area (Å²) in [6.45, 7) is 4.47. The van der Waals surface area contributed by atoms with E-state index in [1.54, 1.807) is 6.07 Å². The average molecular weight is 255 g/mol. The summed E-state index contributed by atoms with van der Waals surface area (Å²) in [4.78, 5) is 11.5. The summed E-state index contributed by atoms with van der Waals surface area (Å²) < 4.78 is 0. The van der Waals surface area contributed by atoms with E-state index in [-0.39, 0.29) is 6.03 Å². The van der Waals surface area contributed by atoms with Gasteiger partial charge in [0.2, 0.25) is 0 Å². The number of urea groups is 1. The topological polar surface area (TPSA) is 65.5 Å². The van der Waals surface area contributed by atoms with Crippen molar-refractivity contribution in [1.82, 2.24) is 10.7 Å². The van der Waals surface area contributed by atoms with Gasteiger partial charge in [0.05, 0.1) is 10.7 Å². The van der Waals surface area contributed by atoms with E-state index in [1.807, 2.05) is 26.0 Å². The van der Waals surface area contributed by atoms with E-state index in [9.17, 15) is 4.79 Å². The molecule has 0 aliphatic heterocycles. The number of hydrogen-bond acceptors (Lipinski definition) is 3. The van der Waals surface area contributed by atoms with E-state index in [2.05, 4.69) is 21.2 Å². The molecule has 1 aromatic rings. The van der Waals surface area contributed by atoms with Crippen LogP contribution in [0.2, 0.25) is 5.02 Å². The van der Waals surface area contributed by atoms with Crippen LogP contribution in [0.4, 0.5) is 10.5 Å². The number of para-hydroxylation sites is 1. The first kappa shape index (κ1) is 13.3. The third kappa shape index (κ3) is 4.32. The molecule has 0 spiro atoms. The quantitative estimate of drug-likeness (QED) is 0.439. The molecule has 5 nitrogen and oxygen atoms in total. The van der Waals surface area contributed by atoms with Gasteiger partial charge in [-0.2, -0.15) is 5.10 Å². The molecule has 0 fully saturated rings. The molecule has 0 aromatic heterocycles. The van der Waals surface area contributed by atoms with E-state index in [1.165, 1.54) is 6.34 Å². The molecule has 0 heterocycles. The van der Waals surface area contributed by atoms with Crippen LogP contribution in [-0.4, -0.2) is 18.9 Å². The second kappa shape index (κ2) is 6.75. The van der Waals surface area contributed by atoms with Crippen LogP contribution in [-0.2, 0) is 0 Å². The fraction of sp³-hybridized carbons (Fsp3) is 0.273. The van der Waals surface area contributed by atoms with Gasteiger partial charge in [0.15, 0.2) is 0 Å². The van der Waals surface area contributed by atoms with Crippen LogP contribution >= 0.6 is 11.6 Å². The maximum Gasteiger partial charge on any atom is 0.324 e. The lowest BCUT2D eigenvalue weighted by Gasteiger charge is -2.09. The minimum Gasteiger partial charge on any atom is -0.309 e. The third-order valence-corrected chi connectivity index (χ3v) is 2.29. The molecule has 92 valence electrons. The number of halogens is 1. The Morgan fingerprint density at radius 3 is 2.94 bits per heavy atom. The number of carbonyl (C=O) groups is 1. The van der Waals surface area contributed by atoms with Gasteiger partial charge in [0.25, 0.3) is 0 Å². The summed E-state index contributed by atoms with van der Waals surface area (Å²) in [5, 5.41) is 9.35. The molecule has 1 rings (SSSR count). The number of amides is 2. The number of anilines is 1. The van der Waals surface area contributed by atoms with Crippen LogP contribution in [0.15, 0.2) is 23.3 Å². The molecule has 0 aliphatic carbocycles. The Hall–Kier alpha value is -1.75. The van der Waals surface area contributed by atoms with Gasteiger partial charge < -0.3 is 10.7 Å². The highest BCUT2D eigenvalue weighted by atomic mass is 35.5. The van der Waals surface area contributed by atoms with Crippen LogP contribution in [0.1, 0.15) is 12.5 Å². The molecular formula is C11H15ClN4O. The van der Waals surface area contributed by atoms with Crippen LogP contribution in [0.3, 0.4) is 0 Å². The Kier molecular flexibility index (Phi) is 5.29. The van der Waals surface area contributed by atoms with Crippen LogP contribution < -0.4 is 16.1 Å². The molecule has 0 radical (unpaired) electrons. The van der Waals surface area contributed by atoms with Gasteiger partial charge >= 0.3 is 6.03 Å². The van der Waals surface area contributed by atoms with Crippen LogP contribution in [0, 0.1) is 6.92 Å². The summed E-state index contributed by atoms with van der Waals surface area (Å²) in [5.41, 5.74) is 4.19. The Labute approximate surface area is 105 Å². The van der Waals surface area contributed by atoms with E-state index < -0.39 is 0 Å². The van der Waals surface area contributed by atoms with Gasteiger partial charge in [-0.3, -0.25) is 5.32 Å². The fourth-order valence-electron chi connectivity index (χ4n) is 1.17. The SMILES string of the molecule is CCN/N=C/NC(=O)Nc1c(C)cccc1Cl. The van der Waals surface area contributed by atoms with Gasteiger partial charge in [-0.1, -0.05) is 23.7 Å². The highest BCUT2D eigenvalue weighted by molar-refractivity contribution is 6.33. The standard InChI is InChI=1S/C11H15ClN4O/c1-3-14-15-7-13-11(17)16-10-8(2)5-4-6-9(10)12/h4-7,14H,3H2,1-2H3,(H2,13,15,16,17). The smallest absolute Gasteiger partial charge is 0.309 e. The second-order valence-corrected chi connectivity index (χ2v) is 3.71. The number of hydrazone groups is 1. The molecule has 3 N–H and O–H groups in total. The number of rotatable bonds is 4. The maximum atomic E-state index is 11.5. The number of benzene rings is 1. The van der Waals surface area contributed by atoms with E-state index in [0.29, 0.717) is 17.3 Å². The first-order valence-corrected chi connectivity index (χ1v) is 5.60. The van der Waals surface area contributed by atoms with Crippen molar-refractivity contribution in [2.75, 3.05) is 11.9 Å². The van der Waals surface area contributed by atoms with Crippen molar-refractivity contribution in [3.8, 4) is 0 Å². The third-order valence-electron chi connectivity index (χ3n) is 1.97. The normalized spacial score (nSPS) is 10.3. The molecule has 1 aromatic carbocycles. The molecule has 6 heteroatoms. The zero-order chi connectivity index (χ0) is 12.7. The predicted molar refractivity (Wildman–Crippen MR) is 70.5 cm³/mol. The molecule has 0 aliphatic rings. The highest BCUT2D eigenvalue weighted by Crippen LogP contribution is 2.24. The number of aryl methyl sites for hydroxylation is 1. The van der Waals surface area contributed by atoms with E-state index >= 15 is 0 Å². The lowest BCUT2D eigenvalue weighted by molar-refractivity contribution is 0.256. The number of carbonyl (C=O) groups excluding carboxylic acids is 1. The van der Waals surface area contributed by atoms with Gasteiger partial charge in [-0.15, -0.1) is 0 Å². The highest BCUT2D eigenvalue weighted by Gasteiger charge is 2.06. The average Bonchev–Trinajstić information content (AvgIpc) is 2.30. The summed E-state index contributed by atoms with van der Waals surface area (Å²) >= 11 is 5.97. The summed E-state index contributed by atoms with van der Waals surface area (Å²) in [7, 11) is 0. The van der Waals surface area contributed by atoms with Crippen LogP contribution in [0.5, 0.6) is 0 Å². The van der Waals surface area contributed by atoms with Crippen LogP contribution in [0.25, 0.3) is 0 Å². The first-order chi connectivity index (χ1) is 8.15. The molecule has 2 amide bonds. The lowest BCUT2D eigenvalue weighted by atomic mass is 10.2. The van der Waals surface area contributed by atoms with Gasteiger partial charge in [-0.05, 0) is 25.5 Å². The Balaban J connectivity index is 2.56. The van der Waals surface area contributed by atoms with Crippen molar-refractivity contribution in [1.29, 1.82) is 0 Å². The fourth-order valence-corrected chi connectivity index (χ4v) is 1.44. The monoisotopic (exact) mass is 254 g/mol. The molecule has 0 saturated carbocycles. The number of nitrogens with zero attached hydrogens (tertiary/aromatic N) is 1. The molecule has 0 atom stereocenters. The van der Waals surface area contributed by atoms with Gasteiger partial charge in [-0.25, -0.2) is 4.79 Å². The second-order valence-electron chi connectivity index (χ2n) is 3.30. The summed E-state index contributed by atoms with van der Waals surface area (Å²) in [6.07, 6.45) is 1.28. The molecule has 17 heavy (non-hydrogen) atoms. The van der Waals surface area contributed by atoms with Crippen molar-refractivity contribution < 1.29 is 4.79 Å². The molecule has 0 unspecified atom stereocenters. The van der Waals surface area contributed by atoms with E-state index in [4.69, 9.17) is 11.6 Å². The van der Waals surface area contributed by atoms with Crippen molar-refractivity contribution in [3.05, 3.63) is 28.8 Å². The minimum absolute atomic E-state index is 0.386. The molecule has 0 saturated heterocycles. The van der Waals surface area contributed by atoms with Crippen molar-refractivity contribution in [2.24, 2.45) is 5.10 Å². The molecular weight excluding hydrogens is 240 g/mol. The lowest BCUT2D eigenvalue weighted by Crippen LogP contribution is -2.28. The van der Waals surface area contributed by atoms with Gasteiger partial charge in [0, 0.05) is 6.54 Å². The predicted octanol–water partition coefficient (Wildman–Crippen LogP) is 2.32. The Morgan fingerprint density at radius 1 is 1.53 bits per heavy atom. The minimum atomic E-state index is -0.386. The molecule has 0 bridgehead atoms. The zero-order valence-electron chi connectivity index (χ0n) is 9.75. The van der Waals surface area contributed by atoms with Crippen molar-refractivity contribution in [3.63, 3.8) is 0 Å². The summed E-state index contributed by atoms with van der Waals surface area (Å²) in [5.74, 6) is 0. The first-order valence-electron chi connectivity index (χ1n) is 5.22. The zero-order valence-corrected chi connectivity index (χ0v) is 10.5. The Bertz CT molecular complexity index is 400. The number of nitrogens with one attached hydrogen (secondary N) is 3. The van der Waals surface area contributed by atoms with Crippen molar-refractivity contribution in [2.45, 2.75) is 13.8 Å². The van der Waals surface area contributed by atoms with Gasteiger partial charge in [0.1, 0.15) is 6.34 Å². The largest absolute Gasteiger partial charge is 0.324 e.